The van der Waals surface area contributed by atoms with Crippen molar-refractivity contribution in [2.75, 3.05) is 13.7 Å². The van der Waals surface area contributed by atoms with Gasteiger partial charge in [0.05, 0.1) is 12.8 Å². The summed E-state index contributed by atoms with van der Waals surface area (Å²) in [5.41, 5.74) is 0.771. The van der Waals surface area contributed by atoms with E-state index in [4.69, 9.17) is 9.26 Å². The third-order valence-electron chi connectivity index (χ3n) is 2.70. The molecule has 0 atom stereocenters. The van der Waals surface area contributed by atoms with Crippen LogP contribution in [0.4, 0.5) is 0 Å². The Labute approximate surface area is 117 Å². The molecule has 7 heteroatoms. The zero-order chi connectivity index (χ0) is 14.6. The number of hydrogen-bond acceptors (Lipinski definition) is 5. The van der Waals surface area contributed by atoms with Crippen molar-refractivity contribution in [3.05, 3.63) is 41.8 Å². The normalized spacial score (nSPS) is 11.5. The van der Waals surface area contributed by atoms with Gasteiger partial charge in [0.2, 0.25) is 10.0 Å². The molecule has 2 aromatic rings. The molecule has 0 aliphatic carbocycles. The fourth-order valence-corrected chi connectivity index (χ4v) is 2.96. The summed E-state index contributed by atoms with van der Waals surface area (Å²) in [5, 5.41) is 3.75. The van der Waals surface area contributed by atoms with E-state index in [9.17, 15) is 8.42 Å². The molecule has 1 heterocycles. The second kappa shape index (κ2) is 6.06. The Morgan fingerprint density at radius 3 is 2.75 bits per heavy atom. The molecule has 0 amide bonds. The summed E-state index contributed by atoms with van der Waals surface area (Å²) in [6, 6.07) is 8.25. The molecule has 20 heavy (non-hydrogen) atoms. The third kappa shape index (κ3) is 3.37. The van der Waals surface area contributed by atoms with Crippen molar-refractivity contribution in [1.29, 1.82) is 0 Å². The molecule has 1 aromatic heterocycles. The highest BCUT2D eigenvalue weighted by Gasteiger charge is 2.18. The fraction of sp³-hybridized carbons (Fsp3) is 0.308. The lowest BCUT2D eigenvalue weighted by Crippen LogP contribution is -2.26. The van der Waals surface area contributed by atoms with Gasteiger partial charge in [-0.3, -0.25) is 0 Å². The van der Waals surface area contributed by atoms with E-state index >= 15 is 0 Å². The van der Waals surface area contributed by atoms with E-state index in [0.717, 1.165) is 5.69 Å². The van der Waals surface area contributed by atoms with Crippen LogP contribution in [0.5, 0.6) is 5.75 Å². The van der Waals surface area contributed by atoms with Crippen LogP contribution in [0.25, 0.3) is 0 Å². The maximum atomic E-state index is 12.2. The number of aromatic nitrogens is 1. The minimum Gasteiger partial charge on any atom is -0.495 e. The topological polar surface area (TPSA) is 81.4 Å². The summed E-state index contributed by atoms with van der Waals surface area (Å²) in [5.74, 6) is 0.959. The van der Waals surface area contributed by atoms with Crippen molar-refractivity contribution >= 4 is 10.0 Å². The van der Waals surface area contributed by atoms with Gasteiger partial charge in [0.15, 0.2) is 0 Å². The number of sulfonamides is 1. The molecule has 108 valence electrons. The predicted molar refractivity (Wildman–Crippen MR) is 73.1 cm³/mol. The molecule has 1 N–H and O–H groups in total. The average Bonchev–Trinajstić information content (AvgIpc) is 2.84. The summed E-state index contributed by atoms with van der Waals surface area (Å²) in [7, 11) is -2.17. The van der Waals surface area contributed by atoms with E-state index in [1.807, 2.05) is 6.92 Å². The Morgan fingerprint density at radius 1 is 1.35 bits per heavy atom. The second-order valence-electron chi connectivity index (χ2n) is 4.23. The van der Waals surface area contributed by atoms with Crippen molar-refractivity contribution in [2.45, 2.75) is 18.2 Å². The molecule has 0 saturated carbocycles. The number of hydrogen-bond donors (Lipinski definition) is 1. The van der Waals surface area contributed by atoms with Gasteiger partial charge < -0.3 is 9.26 Å². The molecule has 0 radical (unpaired) electrons. The predicted octanol–water partition coefficient (Wildman–Crippen LogP) is 1.51. The van der Waals surface area contributed by atoms with Crippen LogP contribution < -0.4 is 9.46 Å². The smallest absolute Gasteiger partial charge is 0.244 e. The van der Waals surface area contributed by atoms with E-state index in [1.54, 1.807) is 24.3 Å². The molecular weight excluding hydrogens is 280 g/mol. The Bertz CT molecular complexity index is 679. The first-order valence-corrected chi connectivity index (χ1v) is 7.56. The number of rotatable bonds is 6. The number of ether oxygens (including phenoxy) is 1. The monoisotopic (exact) mass is 296 g/mol. The van der Waals surface area contributed by atoms with Gasteiger partial charge in [-0.15, -0.1) is 0 Å². The van der Waals surface area contributed by atoms with Crippen molar-refractivity contribution < 1.29 is 17.7 Å². The molecule has 0 aliphatic heterocycles. The highest BCUT2D eigenvalue weighted by Crippen LogP contribution is 2.22. The Kier molecular flexibility index (Phi) is 4.41. The number of methoxy groups -OCH3 is 1. The van der Waals surface area contributed by atoms with Crippen LogP contribution in [0.15, 0.2) is 39.8 Å². The number of aryl methyl sites for hydroxylation is 1. The summed E-state index contributed by atoms with van der Waals surface area (Å²) in [6.07, 6.45) is 0.440. The van der Waals surface area contributed by atoms with Gasteiger partial charge >= 0.3 is 0 Å². The lowest BCUT2D eigenvalue weighted by molar-refractivity contribution is 0.379. The van der Waals surface area contributed by atoms with Crippen LogP contribution >= 0.6 is 0 Å². The first-order valence-electron chi connectivity index (χ1n) is 6.08. The summed E-state index contributed by atoms with van der Waals surface area (Å²) < 4.78 is 36.9. The van der Waals surface area contributed by atoms with Crippen LogP contribution in [0, 0.1) is 6.92 Å². The van der Waals surface area contributed by atoms with Crippen molar-refractivity contribution in [3.8, 4) is 5.75 Å². The molecule has 0 bridgehead atoms. The molecule has 0 spiro atoms. The highest BCUT2D eigenvalue weighted by atomic mass is 32.2. The van der Waals surface area contributed by atoms with Gasteiger partial charge in [-0.05, 0) is 19.1 Å². The molecule has 2 rings (SSSR count). The Balaban J connectivity index is 2.04. The molecule has 0 saturated heterocycles. The third-order valence-corrected chi connectivity index (χ3v) is 4.20. The number of nitrogens with one attached hydrogen (secondary N) is 1. The van der Waals surface area contributed by atoms with Crippen LogP contribution in [0.1, 0.15) is 11.5 Å². The largest absolute Gasteiger partial charge is 0.495 e. The van der Waals surface area contributed by atoms with Gasteiger partial charge in [0.1, 0.15) is 16.4 Å². The Morgan fingerprint density at radius 2 is 2.10 bits per heavy atom. The molecule has 0 fully saturated rings. The highest BCUT2D eigenvalue weighted by molar-refractivity contribution is 7.89. The van der Waals surface area contributed by atoms with Crippen molar-refractivity contribution in [3.63, 3.8) is 0 Å². The standard InChI is InChI=1S/C13H16N2O4S/c1-10-9-11(19-15-10)7-8-14-20(16,17)13-6-4-3-5-12(13)18-2/h3-6,9,14H,7-8H2,1-2H3. The van der Waals surface area contributed by atoms with E-state index in [-0.39, 0.29) is 11.4 Å². The average molecular weight is 296 g/mol. The number of para-hydroxylation sites is 1. The van der Waals surface area contributed by atoms with Crippen LogP contribution in [-0.2, 0) is 16.4 Å². The first kappa shape index (κ1) is 14.5. The van der Waals surface area contributed by atoms with Gasteiger partial charge in [0, 0.05) is 19.0 Å². The lowest BCUT2D eigenvalue weighted by Gasteiger charge is -2.09. The minimum absolute atomic E-state index is 0.122. The van der Waals surface area contributed by atoms with Crippen LogP contribution in [-0.4, -0.2) is 27.2 Å². The second-order valence-corrected chi connectivity index (χ2v) is 5.97. The maximum absolute atomic E-state index is 12.2. The molecule has 6 nitrogen and oxygen atoms in total. The Hall–Kier alpha value is -1.86. The summed E-state index contributed by atoms with van der Waals surface area (Å²) in [4.78, 5) is 0.122. The maximum Gasteiger partial charge on any atom is 0.244 e. The van der Waals surface area contributed by atoms with E-state index in [2.05, 4.69) is 9.88 Å². The van der Waals surface area contributed by atoms with Gasteiger partial charge in [-0.2, -0.15) is 0 Å². The van der Waals surface area contributed by atoms with Gasteiger partial charge in [-0.1, -0.05) is 17.3 Å². The molecular formula is C13H16N2O4S. The number of nitrogens with zero attached hydrogens (tertiary/aromatic N) is 1. The zero-order valence-electron chi connectivity index (χ0n) is 11.3. The van der Waals surface area contributed by atoms with E-state index in [1.165, 1.54) is 13.2 Å². The molecule has 0 unspecified atom stereocenters. The quantitative estimate of drug-likeness (QED) is 0.874. The fourth-order valence-electron chi connectivity index (χ4n) is 1.76. The van der Waals surface area contributed by atoms with E-state index in [0.29, 0.717) is 17.9 Å². The van der Waals surface area contributed by atoms with E-state index < -0.39 is 10.0 Å². The summed E-state index contributed by atoms with van der Waals surface area (Å²) >= 11 is 0. The van der Waals surface area contributed by atoms with Crippen molar-refractivity contribution in [1.82, 2.24) is 9.88 Å². The van der Waals surface area contributed by atoms with Crippen LogP contribution in [0.2, 0.25) is 0 Å². The SMILES string of the molecule is COc1ccccc1S(=O)(=O)NCCc1cc(C)no1. The van der Waals surface area contributed by atoms with Gasteiger partial charge in [-0.25, -0.2) is 13.1 Å². The van der Waals surface area contributed by atoms with Crippen LogP contribution in [0.3, 0.4) is 0 Å². The lowest BCUT2D eigenvalue weighted by atomic mass is 10.3. The van der Waals surface area contributed by atoms with Gasteiger partial charge in [0.25, 0.3) is 0 Å². The molecule has 0 aliphatic rings. The minimum atomic E-state index is -3.60. The zero-order valence-corrected chi connectivity index (χ0v) is 12.1. The number of benzene rings is 1. The first-order chi connectivity index (χ1) is 9.53. The van der Waals surface area contributed by atoms with Crippen molar-refractivity contribution in [2.24, 2.45) is 0 Å². The molecule has 1 aromatic carbocycles. The summed E-state index contributed by atoms with van der Waals surface area (Å²) in [6.45, 7) is 2.04.